The largest absolute Gasteiger partial charge is 0.377 e. The Labute approximate surface area is 97.1 Å². The van der Waals surface area contributed by atoms with E-state index in [-0.39, 0.29) is 17.3 Å². The van der Waals surface area contributed by atoms with Crippen LogP contribution in [0, 0.1) is 0 Å². The molecule has 1 aliphatic heterocycles. The van der Waals surface area contributed by atoms with E-state index in [2.05, 4.69) is 15.9 Å². The van der Waals surface area contributed by atoms with Gasteiger partial charge in [0.25, 0.3) is 0 Å². The average Bonchev–Trinajstić information content (AvgIpc) is 2.27. The van der Waals surface area contributed by atoms with Gasteiger partial charge < -0.3 is 15.4 Å². The maximum Gasteiger partial charge on any atom is 0.242 e. The SMILES string of the molecule is CCC(Br)C(=O)N1CCOCC1C(N)=O. The van der Waals surface area contributed by atoms with Crippen LogP contribution in [0.5, 0.6) is 0 Å². The van der Waals surface area contributed by atoms with Crippen molar-refractivity contribution in [2.24, 2.45) is 5.73 Å². The minimum Gasteiger partial charge on any atom is -0.377 e. The lowest BCUT2D eigenvalue weighted by molar-refractivity contribution is -0.146. The minimum absolute atomic E-state index is 0.0930. The molecule has 86 valence electrons. The van der Waals surface area contributed by atoms with E-state index in [9.17, 15) is 9.59 Å². The van der Waals surface area contributed by atoms with Gasteiger partial charge in [-0.3, -0.25) is 9.59 Å². The summed E-state index contributed by atoms with van der Waals surface area (Å²) in [6.07, 6.45) is 0.682. The molecule has 1 saturated heterocycles. The summed E-state index contributed by atoms with van der Waals surface area (Å²) in [6.45, 7) is 2.98. The number of nitrogens with zero attached hydrogens (tertiary/aromatic N) is 1. The highest BCUT2D eigenvalue weighted by molar-refractivity contribution is 9.10. The number of carbonyl (C=O) groups excluding carboxylic acids is 2. The molecule has 5 nitrogen and oxygen atoms in total. The lowest BCUT2D eigenvalue weighted by Gasteiger charge is -2.34. The molecule has 0 saturated carbocycles. The summed E-state index contributed by atoms with van der Waals surface area (Å²) in [6, 6.07) is -0.627. The molecular formula is C9H15BrN2O3. The Bertz CT molecular complexity index is 260. The standard InChI is InChI=1S/C9H15BrN2O3/c1-2-6(10)9(14)12-3-4-15-5-7(12)8(11)13/h6-7H,2-5H2,1H3,(H2,11,13). The van der Waals surface area contributed by atoms with Crippen molar-refractivity contribution in [1.82, 2.24) is 4.90 Å². The van der Waals surface area contributed by atoms with Crippen LogP contribution in [0.25, 0.3) is 0 Å². The Morgan fingerprint density at radius 2 is 2.33 bits per heavy atom. The van der Waals surface area contributed by atoms with E-state index >= 15 is 0 Å². The fourth-order valence-electron chi connectivity index (χ4n) is 1.46. The smallest absolute Gasteiger partial charge is 0.242 e. The molecule has 1 aliphatic rings. The number of alkyl halides is 1. The van der Waals surface area contributed by atoms with E-state index in [1.807, 2.05) is 6.92 Å². The zero-order valence-corrected chi connectivity index (χ0v) is 10.2. The van der Waals surface area contributed by atoms with Gasteiger partial charge in [0.2, 0.25) is 11.8 Å². The minimum atomic E-state index is -0.627. The summed E-state index contributed by atoms with van der Waals surface area (Å²) in [5.41, 5.74) is 5.21. The number of hydrogen-bond acceptors (Lipinski definition) is 3. The molecule has 1 heterocycles. The first-order chi connectivity index (χ1) is 7.07. The Kier molecular flexibility index (Phi) is 4.53. The second kappa shape index (κ2) is 5.46. The van der Waals surface area contributed by atoms with Crippen molar-refractivity contribution in [3.05, 3.63) is 0 Å². The van der Waals surface area contributed by atoms with Crippen LogP contribution in [0.1, 0.15) is 13.3 Å². The molecule has 2 unspecified atom stereocenters. The predicted octanol–water partition coefficient (Wildman–Crippen LogP) is -0.127. The molecule has 0 spiro atoms. The summed E-state index contributed by atoms with van der Waals surface area (Å²) >= 11 is 3.27. The number of rotatable bonds is 3. The molecule has 2 amide bonds. The number of ether oxygens (including phenoxy) is 1. The van der Waals surface area contributed by atoms with Crippen molar-refractivity contribution in [1.29, 1.82) is 0 Å². The zero-order valence-electron chi connectivity index (χ0n) is 8.61. The highest BCUT2D eigenvalue weighted by Crippen LogP contribution is 2.14. The van der Waals surface area contributed by atoms with Crippen LogP contribution in [0.2, 0.25) is 0 Å². The monoisotopic (exact) mass is 278 g/mol. The summed E-state index contributed by atoms with van der Waals surface area (Å²) in [5.74, 6) is -0.608. The third-order valence-electron chi connectivity index (χ3n) is 2.37. The molecule has 1 fully saturated rings. The zero-order chi connectivity index (χ0) is 11.4. The molecule has 2 atom stereocenters. The molecule has 0 radical (unpaired) electrons. The van der Waals surface area contributed by atoms with Gasteiger partial charge in [0.1, 0.15) is 6.04 Å². The fourth-order valence-corrected chi connectivity index (χ4v) is 1.72. The first-order valence-electron chi connectivity index (χ1n) is 4.89. The van der Waals surface area contributed by atoms with Gasteiger partial charge in [-0.05, 0) is 6.42 Å². The number of nitrogens with two attached hydrogens (primary N) is 1. The quantitative estimate of drug-likeness (QED) is 0.732. The molecule has 0 aromatic rings. The van der Waals surface area contributed by atoms with Gasteiger partial charge in [0.05, 0.1) is 18.0 Å². The van der Waals surface area contributed by atoms with Crippen molar-refractivity contribution in [3.8, 4) is 0 Å². The van der Waals surface area contributed by atoms with E-state index in [1.54, 1.807) is 0 Å². The fraction of sp³-hybridized carbons (Fsp3) is 0.778. The summed E-state index contributed by atoms with van der Waals surface area (Å²) < 4.78 is 5.13. The second-order valence-electron chi connectivity index (χ2n) is 3.40. The molecule has 0 aromatic heterocycles. The molecule has 2 N–H and O–H groups in total. The van der Waals surface area contributed by atoms with Crippen molar-refractivity contribution in [3.63, 3.8) is 0 Å². The van der Waals surface area contributed by atoms with Gasteiger partial charge in [0, 0.05) is 6.54 Å². The molecule has 0 aliphatic carbocycles. The third-order valence-corrected chi connectivity index (χ3v) is 3.41. The molecule has 15 heavy (non-hydrogen) atoms. The molecule has 1 rings (SSSR count). The lowest BCUT2D eigenvalue weighted by atomic mass is 10.2. The lowest BCUT2D eigenvalue weighted by Crippen LogP contribution is -2.56. The van der Waals surface area contributed by atoms with E-state index in [4.69, 9.17) is 10.5 Å². The highest BCUT2D eigenvalue weighted by Gasteiger charge is 2.33. The summed E-state index contributed by atoms with van der Waals surface area (Å²) in [4.78, 5) is 24.2. The Balaban J connectivity index is 2.71. The van der Waals surface area contributed by atoms with Crippen LogP contribution >= 0.6 is 15.9 Å². The van der Waals surface area contributed by atoms with Gasteiger partial charge in [-0.25, -0.2) is 0 Å². The first-order valence-corrected chi connectivity index (χ1v) is 5.81. The van der Waals surface area contributed by atoms with Gasteiger partial charge in [0.15, 0.2) is 0 Å². The number of primary amides is 1. The van der Waals surface area contributed by atoms with Crippen LogP contribution in [0.3, 0.4) is 0 Å². The van der Waals surface area contributed by atoms with Crippen LogP contribution in [0.15, 0.2) is 0 Å². The first kappa shape index (κ1) is 12.4. The Morgan fingerprint density at radius 1 is 1.67 bits per heavy atom. The number of amides is 2. The van der Waals surface area contributed by atoms with Crippen molar-refractivity contribution >= 4 is 27.7 Å². The van der Waals surface area contributed by atoms with E-state index in [0.29, 0.717) is 19.6 Å². The Hall–Kier alpha value is -0.620. The number of hydrogen-bond donors (Lipinski definition) is 1. The summed E-state index contributed by atoms with van der Waals surface area (Å²) in [5, 5.41) is 0. The average molecular weight is 279 g/mol. The van der Waals surface area contributed by atoms with Gasteiger partial charge >= 0.3 is 0 Å². The normalized spacial score (nSPS) is 23.6. The van der Waals surface area contributed by atoms with Crippen LogP contribution < -0.4 is 5.73 Å². The number of carbonyl (C=O) groups is 2. The highest BCUT2D eigenvalue weighted by atomic mass is 79.9. The van der Waals surface area contributed by atoms with Crippen LogP contribution in [-0.2, 0) is 14.3 Å². The molecule has 6 heteroatoms. The topological polar surface area (TPSA) is 72.6 Å². The summed E-state index contributed by atoms with van der Waals surface area (Å²) in [7, 11) is 0. The second-order valence-corrected chi connectivity index (χ2v) is 4.51. The van der Waals surface area contributed by atoms with E-state index in [1.165, 1.54) is 4.90 Å². The maximum atomic E-state index is 11.9. The Morgan fingerprint density at radius 3 is 2.87 bits per heavy atom. The van der Waals surface area contributed by atoms with E-state index < -0.39 is 11.9 Å². The van der Waals surface area contributed by atoms with E-state index in [0.717, 1.165) is 0 Å². The molecular weight excluding hydrogens is 264 g/mol. The third kappa shape index (κ3) is 2.92. The van der Waals surface area contributed by atoms with Crippen molar-refractivity contribution in [2.75, 3.05) is 19.8 Å². The number of morpholine rings is 1. The van der Waals surface area contributed by atoms with Gasteiger partial charge in [-0.15, -0.1) is 0 Å². The maximum absolute atomic E-state index is 11.9. The molecule has 0 bridgehead atoms. The van der Waals surface area contributed by atoms with Crippen molar-refractivity contribution in [2.45, 2.75) is 24.2 Å². The van der Waals surface area contributed by atoms with Crippen molar-refractivity contribution < 1.29 is 14.3 Å². The number of halogens is 1. The van der Waals surface area contributed by atoms with Gasteiger partial charge in [-0.1, -0.05) is 22.9 Å². The van der Waals surface area contributed by atoms with Crippen LogP contribution in [-0.4, -0.2) is 47.3 Å². The van der Waals surface area contributed by atoms with Crippen LogP contribution in [0.4, 0.5) is 0 Å². The predicted molar refractivity (Wildman–Crippen MR) is 58.5 cm³/mol. The molecule has 0 aromatic carbocycles. The van der Waals surface area contributed by atoms with Gasteiger partial charge in [-0.2, -0.15) is 0 Å².